The number of ether oxygens (including phenoxy) is 1. The molecule has 0 radical (unpaired) electrons. The predicted molar refractivity (Wildman–Crippen MR) is 115 cm³/mol. The topological polar surface area (TPSA) is 111 Å². The summed E-state index contributed by atoms with van der Waals surface area (Å²) in [5, 5.41) is 9.64. The maximum absolute atomic E-state index is 12.3. The van der Waals surface area contributed by atoms with Crippen LogP contribution < -0.4 is 21.1 Å². The molecule has 9 nitrogen and oxygen atoms in total. The van der Waals surface area contributed by atoms with Gasteiger partial charge in [0.1, 0.15) is 17.6 Å². The summed E-state index contributed by atoms with van der Waals surface area (Å²) < 4.78 is 6.69. The maximum atomic E-state index is 12.3. The SMILES string of the molecule is [C-]#[N+]c1cn2ncnc(N)c2c1-c1ccc(NC(=O)Nc2cccc(OC)c2)cc1. The number of nitrogens with one attached hydrogen (secondary N) is 2. The van der Waals surface area contributed by atoms with Crippen LogP contribution in [0, 0.1) is 6.57 Å². The minimum atomic E-state index is -0.384. The quantitative estimate of drug-likeness (QED) is 0.446. The van der Waals surface area contributed by atoms with Crippen LogP contribution in [0.3, 0.4) is 0 Å². The van der Waals surface area contributed by atoms with Crippen LogP contribution >= 0.6 is 0 Å². The van der Waals surface area contributed by atoms with Crippen molar-refractivity contribution in [3.8, 4) is 16.9 Å². The molecule has 0 unspecified atom stereocenters. The molecule has 2 amide bonds. The normalized spacial score (nSPS) is 10.4. The number of nitrogens with two attached hydrogens (primary N) is 1. The number of hydrogen-bond donors (Lipinski definition) is 3. The standard InChI is InChI=1S/C21H17N7O2/c1-23-17-11-28-19(20(22)24-12-25-28)18(17)13-6-8-14(9-7-13)26-21(29)27-15-4-3-5-16(10-15)30-2/h3-12H,2H3,(H2,22,24,25)(H2,26,27,29). The van der Waals surface area contributed by atoms with Crippen LogP contribution in [-0.2, 0) is 0 Å². The summed E-state index contributed by atoms with van der Waals surface area (Å²) in [5.41, 5.74) is 9.61. The summed E-state index contributed by atoms with van der Waals surface area (Å²) in [6.45, 7) is 7.46. The number of nitrogens with zero attached hydrogens (tertiary/aromatic N) is 4. The average Bonchev–Trinajstić information content (AvgIpc) is 3.14. The fourth-order valence-electron chi connectivity index (χ4n) is 3.11. The van der Waals surface area contributed by atoms with Crippen molar-refractivity contribution in [2.24, 2.45) is 0 Å². The summed E-state index contributed by atoms with van der Waals surface area (Å²) in [6.07, 6.45) is 2.96. The lowest BCUT2D eigenvalue weighted by Gasteiger charge is -2.10. The Hall–Kier alpha value is -4.58. The van der Waals surface area contributed by atoms with Gasteiger partial charge in [-0.15, -0.1) is 0 Å². The molecule has 0 bridgehead atoms. The molecule has 4 aromatic rings. The first-order valence-electron chi connectivity index (χ1n) is 8.91. The Bertz CT molecular complexity index is 1270. The van der Waals surface area contributed by atoms with E-state index in [1.54, 1.807) is 66.4 Å². The second-order valence-corrected chi connectivity index (χ2v) is 6.33. The first kappa shape index (κ1) is 18.8. The molecule has 2 aromatic heterocycles. The van der Waals surface area contributed by atoms with Crippen LogP contribution in [0.2, 0.25) is 0 Å². The van der Waals surface area contributed by atoms with E-state index < -0.39 is 0 Å². The molecule has 0 saturated heterocycles. The van der Waals surface area contributed by atoms with Crippen molar-refractivity contribution in [1.29, 1.82) is 0 Å². The van der Waals surface area contributed by atoms with Gasteiger partial charge in [-0.05, 0) is 29.8 Å². The Labute approximate surface area is 171 Å². The van der Waals surface area contributed by atoms with Gasteiger partial charge in [0.25, 0.3) is 0 Å². The van der Waals surface area contributed by atoms with E-state index in [0.717, 1.165) is 5.56 Å². The van der Waals surface area contributed by atoms with Crippen molar-refractivity contribution >= 4 is 34.4 Å². The molecular formula is C21H17N7O2. The van der Waals surface area contributed by atoms with Gasteiger partial charge in [-0.1, -0.05) is 18.2 Å². The molecule has 0 saturated carbocycles. The third-order valence-corrected chi connectivity index (χ3v) is 4.46. The number of carbonyl (C=O) groups excluding carboxylic acids is 1. The van der Waals surface area contributed by atoms with E-state index in [0.29, 0.717) is 33.9 Å². The van der Waals surface area contributed by atoms with Gasteiger partial charge in [-0.2, -0.15) is 5.10 Å². The third kappa shape index (κ3) is 3.57. The fourth-order valence-corrected chi connectivity index (χ4v) is 3.11. The monoisotopic (exact) mass is 399 g/mol. The van der Waals surface area contributed by atoms with Crippen molar-refractivity contribution < 1.29 is 9.53 Å². The molecule has 2 aromatic carbocycles. The third-order valence-electron chi connectivity index (χ3n) is 4.46. The Kier molecular flexibility index (Phi) is 4.88. The number of aromatic nitrogens is 3. The molecule has 0 atom stereocenters. The van der Waals surface area contributed by atoms with Crippen LogP contribution in [-0.4, -0.2) is 27.7 Å². The number of benzene rings is 2. The van der Waals surface area contributed by atoms with Gasteiger partial charge >= 0.3 is 6.03 Å². The van der Waals surface area contributed by atoms with Crippen molar-refractivity contribution in [3.63, 3.8) is 0 Å². The molecule has 148 valence electrons. The highest BCUT2D eigenvalue weighted by Gasteiger charge is 2.16. The summed E-state index contributed by atoms with van der Waals surface area (Å²) in [4.78, 5) is 19.9. The summed E-state index contributed by atoms with van der Waals surface area (Å²) in [6, 6.07) is 13.8. The van der Waals surface area contributed by atoms with Crippen molar-refractivity contribution in [2.45, 2.75) is 0 Å². The van der Waals surface area contributed by atoms with Gasteiger partial charge in [0.15, 0.2) is 5.82 Å². The van der Waals surface area contributed by atoms with E-state index in [2.05, 4.69) is 25.6 Å². The molecule has 4 rings (SSSR count). The number of urea groups is 1. The van der Waals surface area contributed by atoms with E-state index in [4.69, 9.17) is 17.0 Å². The Morgan fingerprint density at radius 3 is 2.67 bits per heavy atom. The zero-order valence-electron chi connectivity index (χ0n) is 16.0. The van der Waals surface area contributed by atoms with Gasteiger partial charge in [-0.3, -0.25) is 0 Å². The molecular weight excluding hydrogens is 382 g/mol. The maximum Gasteiger partial charge on any atom is 0.323 e. The highest BCUT2D eigenvalue weighted by molar-refractivity contribution is 6.01. The Morgan fingerprint density at radius 1 is 1.17 bits per heavy atom. The smallest absolute Gasteiger partial charge is 0.323 e. The Balaban J connectivity index is 1.56. The minimum absolute atomic E-state index is 0.287. The fraction of sp³-hybridized carbons (Fsp3) is 0.0476. The molecule has 0 aliphatic carbocycles. The van der Waals surface area contributed by atoms with Gasteiger partial charge in [0.05, 0.1) is 13.7 Å². The van der Waals surface area contributed by atoms with Gasteiger partial charge in [0, 0.05) is 29.2 Å². The number of carbonyl (C=O) groups is 1. The van der Waals surface area contributed by atoms with E-state index in [-0.39, 0.29) is 11.8 Å². The van der Waals surface area contributed by atoms with Crippen LogP contribution in [0.1, 0.15) is 0 Å². The summed E-state index contributed by atoms with van der Waals surface area (Å²) in [5.74, 6) is 0.936. The molecule has 0 fully saturated rings. The molecule has 0 aliphatic heterocycles. The highest BCUT2D eigenvalue weighted by Crippen LogP contribution is 2.37. The zero-order valence-corrected chi connectivity index (χ0v) is 16.0. The number of amides is 2. The van der Waals surface area contributed by atoms with Crippen molar-refractivity contribution in [1.82, 2.24) is 14.6 Å². The lowest BCUT2D eigenvalue weighted by molar-refractivity contribution is 0.262. The van der Waals surface area contributed by atoms with Gasteiger partial charge in [0.2, 0.25) is 5.69 Å². The van der Waals surface area contributed by atoms with Crippen molar-refractivity contribution in [3.05, 3.63) is 72.5 Å². The first-order chi connectivity index (χ1) is 14.6. The largest absolute Gasteiger partial charge is 0.497 e. The molecule has 0 aliphatic rings. The van der Waals surface area contributed by atoms with Crippen LogP contribution in [0.25, 0.3) is 21.5 Å². The zero-order chi connectivity index (χ0) is 21.1. The van der Waals surface area contributed by atoms with E-state index in [1.807, 2.05) is 0 Å². The number of anilines is 3. The van der Waals surface area contributed by atoms with Crippen LogP contribution in [0.15, 0.2) is 61.1 Å². The average molecular weight is 399 g/mol. The predicted octanol–water partition coefficient (Wildman–Crippen LogP) is 4.18. The number of nitrogen functional groups attached to an aromatic ring is 1. The lowest BCUT2D eigenvalue weighted by atomic mass is 10.1. The van der Waals surface area contributed by atoms with E-state index in [9.17, 15) is 4.79 Å². The number of hydrogen-bond acceptors (Lipinski definition) is 5. The second-order valence-electron chi connectivity index (χ2n) is 6.33. The van der Waals surface area contributed by atoms with E-state index >= 15 is 0 Å². The molecule has 2 heterocycles. The molecule has 9 heteroatoms. The Morgan fingerprint density at radius 2 is 1.93 bits per heavy atom. The summed E-state index contributed by atoms with van der Waals surface area (Å²) in [7, 11) is 1.56. The second kappa shape index (κ2) is 7.81. The number of methoxy groups -OCH3 is 1. The van der Waals surface area contributed by atoms with Crippen molar-refractivity contribution in [2.75, 3.05) is 23.5 Å². The molecule has 4 N–H and O–H groups in total. The van der Waals surface area contributed by atoms with E-state index in [1.165, 1.54) is 6.33 Å². The first-order valence-corrected chi connectivity index (χ1v) is 8.91. The van der Waals surface area contributed by atoms with Crippen LogP contribution in [0.5, 0.6) is 5.75 Å². The lowest BCUT2D eigenvalue weighted by Crippen LogP contribution is -2.19. The van der Waals surface area contributed by atoms with Gasteiger partial charge < -0.3 is 21.1 Å². The molecule has 0 spiro atoms. The molecule has 30 heavy (non-hydrogen) atoms. The number of fused-ring (bicyclic) bond motifs is 1. The highest BCUT2D eigenvalue weighted by atomic mass is 16.5. The summed E-state index contributed by atoms with van der Waals surface area (Å²) >= 11 is 0. The number of rotatable bonds is 4. The van der Waals surface area contributed by atoms with Gasteiger partial charge in [-0.25, -0.2) is 19.1 Å². The minimum Gasteiger partial charge on any atom is -0.497 e. The van der Waals surface area contributed by atoms with Crippen LogP contribution in [0.4, 0.5) is 27.7 Å².